The smallest absolute Gasteiger partial charge is 0.512 e. The number of nitrogens with two attached hydrogens (primary N) is 1. The summed E-state index contributed by atoms with van der Waals surface area (Å²) < 4.78 is 4.61. The van der Waals surface area contributed by atoms with Gasteiger partial charge >= 0.3 is 7.32 Å². The fourth-order valence-corrected chi connectivity index (χ4v) is 0.867. The van der Waals surface area contributed by atoms with Gasteiger partial charge in [-0.15, -0.1) is 0 Å². The highest BCUT2D eigenvalue weighted by Gasteiger charge is 2.10. The molecule has 0 bridgehead atoms. The Bertz CT molecular complexity index is 270. The molecule has 1 aromatic rings. The van der Waals surface area contributed by atoms with Crippen molar-refractivity contribution in [2.75, 3.05) is 6.61 Å². The minimum atomic E-state index is -1.78. The van der Waals surface area contributed by atoms with Gasteiger partial charge in [0.05, 0.1) is 0 Å². The Balaban J connectivity index is 0.000000583. The van der Waals surface area contributed by atoms with E-state index in [0.717, 1.165) is 5.56 Å². The first-order chi connectivity index (χ1) is 7.13. The molecule has 0 amide bonds. The highest BCUT2D eigenvalue weighted by Crippen LogP contribution is 2.12. The van der Waals surface area contributed by atoms with Crippen molar-refractivity contribution in [3.8, 4) is 5.75 Å². The Morgan fingerprint density at radius 2 is 2.00 bits per heavy atom. The Hall–Kier alpha value is -1.08. The number of benzene rings is 1. The van der Waals surface area contributed by atoms with E-state index in [1.807, 2.05) is 6.07 Å². The number of hydrogen-bond donors (Lipinski definition) is 4. The molecule has 0 saturated carbocycles. The van der Waals surface area contributed by atoms with Gasteiger partial charge in [0.25, 0.3) is 0 Å². The fourth-order valence-electron chi connectivity index (χ4n) is 0.867. The predicted octanol–water partition coefficient (Wildman–Crippen LogP) is -0.508. The van der Waals surface area contributed by atoms with Crippen LogP contribution in [0.2, 0.25) is 0 Å². The lowest BCUT2D eigenvalue weighted by atomic mass is 10.2. The molecule has 0 saturated heterocycles. The third kappa shape index (κ3) is 6.93. The Morgan fingerprint density at radius 1 is 1.40 bits per heavy atom. The topological polar surface area (TPSA) is 95.9 Å². The van der Waals surface area contributed by atoms with Crippen molar-refractivity contribution in [2.24, 2.45) is 5.73 Å². The summed E-state index contributed by atoms with van der Waals surface area (Å²) in [5.74, 6) is 0.396. The normalized spacial score (nSPS) is 8.87. The van der Waals surface area contributed by atoms with Crippen molar-refractivity contribution < 1.29 is 19.8 Å². The van der Waals surface area contributed by atoms with Gasteiger partial charge in [-0.25, -0.2) is 0 Å². The van der Waals surface area contributed by atoms with Crippen molar-refractivity contribution in [3.63, 3.8) is 0 Å². The molecule has 0 unspecified atom stereocenters. The molecule has 0 aliphatic heterocycles. The maximum absolute atomic E-state index is 8.47. The maximum atomic E-state index is 8.47. The van der Waals surface area contributed by atoms with Gasteiger partial charge in [-0.3, -0.25) is 0 Å². The van der Waals surface area contributed by atoms with Crippen molar-refractivity contribution in [2.45, 2.75) is 13.5 Å². The van der Waals surface area contributed by atoms with E-state index in [9.17, 15) is 0 Å². The molecular weight excluding hydrogens is 197 g/mol. The van der Waals surface area contributed by atoms with Gasteiger partial charge in [-0.2, -0.15) is 0 Å². The zero-order valence-corrected chi connectivity index (χ0v) is 8.63. The zero-order chi connectivity index (χ0) is 11.7. The minimum absolute atomic E-state index is 0.250. The van der Waals surface area contributed by atoms with Crippen LogP contribution < -0.4 is 10.4 Å². The molecule has 5 nitrogen and oxygen atoms in total. The Labute approximate surface area is 89.3 Å². The second-order valence-corrected chi connectivity index (χ2v) is 2.61. The van der Waals surface area contributed by atoms with Crippen LogP contribution in [0.3, 0.4) is 0 Å². The molecule has 84 valence electrons. The number of hydrogen-bond acceptors (Lipinski definition) is 5. The van der Waals surface area contributed by atoms with Crippen molar-refractivity contribution in [3.05, 3.63) is 29.8 Å². The summed E-state index contributed by atoms with van der Waals surface area (Å²) in [6.45, 7) is 2.33. The third-order valence-corrected chi connectivity index (χ3v) is 1.38. The first-order valence-electron chi connectivity index (χ1n) is 4.56. The molecule has 0 aliphatic carbocycles. The van der Waals surface area contributed by atoms with E-state index in [1.165, 1.54) is 0 Å². The van der Waals surface area contributed by atoms with Gasteiger partial charge in [0.2, 0.25) is 0 Å². The summed E-state index contributed by atoms with van der Waals surface area (Å²) in [4.78, 5) is 0. The molecule has 0 heterocycles. The van der Waals surface area contributed by atoms with E-state index >= 15 is 0 Å². The Morgan fingerprint density at radius 3 is 2.47 bits per heavy atom. The largest absolute Gasteiger partial charge is 0.707 e. The van der Waals surface area contributed by atoms with E-state index in [-0.39, 0.29) is 6.61 Å². The highest BCUT2D eigenvalue weighted by atomic mass is 16.6. The first-order valence-corrected chi connectivity index (χ1v) is 4.56. The average Bonchev–Trinajstić information content (AvgIpc) is 2.18. The van der Waals surface area contributed by atoms with Crippen LogP contribution in [0.25, 0.3) is 0 Å². The summed E-state index contributed by atoms with van der Waals surface area (Å²) in [5.41, 5.74) is 6.25. The second-order valence-electron chi connectivity index (χ2n) is 2.61. The van der Waals surface area contributed by atoms with E-state index < -0.39 is 7.32 Å². The average molecular weight is 213 g/mol. The van der Waals surface area contributed by atoms with Crippen LogP contribution in [0, 0.1) is 0 Å². The van der Waals surface area contributed by atoms with Gasteiger partial charge in [0, 0.05) is 13.2 Å². The van der Waals surface area contributed by atoms with Crippen molar-refractivity contribution in [1.82, 2.24) is 0 Å². The molecule has 0 spiro atoms. The van der Waals surface area contributed by atoms with Crippen LogP contribution >= 0.6 is 0 Å². The van der Waals surface area contributed by atoms with Crippen LogP contribution in [-0.2, 0) is 6.54 Å². The van der Waals surface area contributed by atoms with Gasteiger partial charge < -0.3 is 25.5 Å². The summed E-state index contributed by atoms with van der Waals surface area (Å²) in [7, 11) is -1.78. The summed E-state index contributed by atoms with van der Waals surface area (Å²) in [5, 5.41) is 24.5. The third-order valence-electron chi connectivity index (χ3n) is 1.38. The van der Waals surface area contributed by atoms with E-state index in [0.29, 0.717) is 12.3 Å². The monoisotopic (exact) mass is 213 g/mol. The quantitative estimate of drug-likeness (QED) is 0.507. The zero-order valence-electron chi connectivity index (χ0n) is 8.63. The standard InChI is InChI=1S/C7H10BNO3.C2H6O/c9-5-6-2-1-3-7(4-6)12-8(10)11;1-2-3/h1-4,10-11H,5,9H2;3H,2H2,1H3. The number of aliphatic hydroxyl groups is 1. The molecule has 6 heteroatoms. The molecular formula is C9H16BNO4. The van der Waals surface area contributed by atoms with Crippen LogP contribution in [0.4, 0.5) is 0 Å². The van der Waals surface area contributed by atoms with Gasteiger partial charge in [0.1, 0.15) is 5.75 Å². The van der Waals surface area contributed by atoms with Crippen LogP contribution in [-0.4, -0.2) is 29.1 Å². The van der Waals surface area contributed by atoms with E-state index in [1.54, 1.807) is 25.1 Å². The molecule has 0 atom stereocenters. The minimum Gasteiger partial charge on any atom is -0.512 e. The van der Waals surface area contributed by atoms with Crippen LogP contribution in [0.1, 0.15) is 12.5 Å². The molecule has 0 aliphatic rings. The van der Waals surface area contributed by atoms with Crippen LogP contribution in [0.15, 0.2) is 24.3 Å². The SMILES string of the molecule is CCO.NCc1cccc(OB(O)O)c1. The summed E-state index contributed by atoms with van der Waals surface area (Å²) in [6, 6.07) is 6.84. The first kappa shape index (κ1) is 13.9. The lowest BCUT2D eigenvalue weighted by molar-refractivity contribution is 0.288. The highest BCUT2D eigenvalue weighted by molar-refractivity contribution is 6.33. The molecule has 1 rings (SSSR count). The fraction of sp³-hybridized carbons (Fsp3) is 0.333. The van der Waals surface area contributed by atoms with Gasteiger partial charge in [-0.05, 0) is 24.6 Å². The summed E-state index contributed by atoms with van der Waals surface area (Å²) in [6.07, 6.45) is 0. The second kappa shape index (κ2) is 8.25. The Kier molecular flexibility index (Phi) is 7.66. The molecule has 1 aromatic carbocycles. The lowest BCUT2D eigenvalue weighted by Gasteiger charge is -2.05. The number of aliphatic hydroxyl groups excluding tert-OH is 1. The van der Waals surface area contributed by atoms with Crippen LogP contribution in [0.5, 0.6) is 5.75 Å². The summed E-state index contributed by atoms with van der Waals surface area (Å²) >= 11 is 0. The van der Waals surface area contributed by atoms with E-state index in [4.69, 9.17) is 20.9 Å². The van der Waals surface area contributed by atoms with Crippen molar-refractivity contribution >= 4 is 7.32 Å². The molecule has 5 N–H and O–H groups in total. The molecule has 15 heavy (non-hydrogen) atoms. The van der Waals surface area contributed by atoms with Gasteiger partial charge in [-0.1, -0.05) is 12.1 Å². The van der Waals surface area contributed by atoms with Crippen molar-refractivity contribution in [1.29, 1.82) is 0 Å². The number of rotatable bonds is 3. The lowest BCUT2D eigenvalue weighted by Crippen LogP contribution is -2.20. The maximum Gasteiger partial charge on any atom is 0.707 e. The molecule has 0 fully saturated rings. The predicted molar refractivity (Wildman–Crippen MR) is 57.9 cm³/mol. The molecule has 0 aromatic heterocycles. The molecule has 0 radical (unpaired) electrons. The van der Waals surface area contributed by atoms with Gasteiger partial charge in [0.15, 0.2) is 0 Å². The van der Waals surface area contributed by atoms with E-state index in [2.05, 4.69) is 4.65 Å².